The summed E-state index contributed by atoms with van der Waals surface area (Å²) in [5.74, 6) is -3.53. The first-order chi connectivity index (χ1) is 6.88. The fourth-order valence-corrected chi connectivity index (χ4v) is 3.15. The van der Waals surface area contributed by atoms with Crippen molar-refractivity contribution < 1.29 is 27.9 Å². The molecule has 1 aliphatic rings. The molecule has 7 heteroatoms. The molecule has 0 saturated heterocycles. The number of methoxy groups -OCH3 is 1. The van der Waals surface area contributed by atoms with Crippen molar-refractivity contribution in [2.24, 2.45) is 5.92 Å². The van der Waals surface area contributed by atoms with E-state index in [0.717, 1.165) is 7.11 Å². The second kappa shape index (κ2) is 4.18. The Morgan fingerprint density at radius 2 is 2.00 bits per heavy atom. The van der Waals surface area contributed by atoms with Crippen molar-refractivity contribution in [1.82, 2.24) is 0 Å². The highest BCUT2D eigenvalue weighted by Gasteiger charge is 2.45. The van der Waals surface area contributed by atoms with Crippen molar-refractivity contribution in [3.8, 4) is 0 Å². The largest absolute Gasteiger partial charge is 0.480 e. The lowest BCUT2D eigenvalue weighted by atomic mass is 10.3. The van der Waals surface area contributed by atoms with Gasteiger partial charge in [-0.25, -0.2) is 8.42 Å². The Labute approximate surface area is 87.1 Å². The van der Waals surface area contributed by atoms with E-state index >= 15 is 0 Å². The van der Waals surface area contributed by atoms with Crippen molar-refractivity contribution >= 4 is 21.8 Å². The van der Waals surface area contributed by atoms with Crippen LogP contribution in [0.15, 0.2) is 0 Å². The van der Waals surface area contributed by atoms with Gasteiger partial charge in [-0.05, 0) is 18.8 Å². The number of carboxylic acids is 1. The van der Waals surface area contributed by atoms with Crippen LogP contribution in [0.1, 0.15) is 12.8 Å². The Kier molecular flexibility index (Phi) is 3.33. The second-order valence-corrected chi connectivity index (χ2v) is 5.60. The van der Waals surface area contributed by atoms with Crippen LogP contribution in [0.25, 0.3) is 0 Å². The van der Waals surface area contributed by atoms with Crippen LogP contribution in [0.3, 0.4) is 0 Å². The Balaban J connectivity index is 2.81. The van der Waals surface area contributed by atoms with Gasteiger partial charge in [0.2, 0.25) is 0 Å². The van der Waals surface area contributed by atoms with Gasteiger partial charge in [-0.15, -0.1) is 0 Å². The van der Waals surface area contributed by atoms with Gasteiger partial charge in [0.1, 0.15) is 5.75 Å². The molecule has 0 radical (unpaired) electrons. The molecule has 1 rings (SSSR count). The standard InChI is InChI=1S/C8H12O6S/c1-14-6(9)4-15(12,13)7(8(10)11)5-2-3-5/h5,7H,2-4H2,1H3,(H,10,11). The monoisotopic (exact) mass is 236 g/mol. The van der Waals surface area contributed by atoms with Crippen LogP contribution in [-0.4, -0.2) is 43.6 Å². The summed E-state index contributed by atoms with van der Waals surface area (Å²) in [6.45, 7) is 0. The number of ether oxygens (including phenoxy) is 1. The van der Waals surface area contributed by atoms with E-state index < -0.39 is 32.8 Å². The van der Waals surface area contributed by atoms with E-state index in [1.54, 1.807) is 0 Å². The molecule has 1 saturated carbocycles. The maximum absolute atomic E-state index is 11.5. The van der Waals surface area contributed by atoms with E-state index in [9.17, 15) is 18.0 Å². The molecule has 1 fully saturated rings. The molecule has 0 heterocycles. The molecule has 0 amide bonds. The van der Waals surface area contributed by atoms with E-state index in [4.69, 9.17) is 5.11 Å². The first kappa shape index (κ1) is 12.0. The first-order valence-electron chi connectivity index (χ1n) is 4.39. The first-order valence-corrected chi connectivity index (χ1v) is 6.11. The fraction of sp³-hybridized carbons (Fsp3) is 0.750. The summed E-state index contributed by atoms with van der Waals surface area (Å²) < 4.78 is 27.3. The molecule has 0 aromatic carbocycles. The average molecular weight is 236 g/mol. The van der Waals surface area contributed by atoms with Crippen molar-refractivity contribution in [2.75, 3.05) is 12.9 Å². The molecule has 0 aromatic rings. The summed E-state index contributed by atoms with van der Waals surface area (Å²) in [7, 11) is -2.88. The van der Waals surface area contributed by atoms with Crippen LogP contribution in [-0.2, 0) is 24.2 Å². The van der Waals surface area contributed by atoms with Crippen LogP contribution in [0, 0.1) is 5.92 Å². The fourth-order valence-electron chi connectivity index (χ4n) is 1.36. The van der Waals surface area contributed by atoms with Gasteiger partial charge in [0.15, 0.2) is 15.1 Å². The van der Waals surface area contributed by atoms with Crippen molar-refractivity contribution in [2.45, 2.75) is 18.1 Å². The van der Waals surface area contributed by atoms with Crippen LogP contribution in [0.5, 0.6) is 0 Å². The minimum Gasteiger partial charge on any atom is -0.480 e. The molecular formula is C8H12O6S. The lowest BCUT2D eigenvalue weighted by Gasteiger charge is -2.11. The van der Waals surface area contributed by atoms with Gasteiger partial charge in [0.25, 0.3) is 0 Å². The zero-order valence-corrected chi connectivity index (χ0v) is 8.99. The second-order valence-electron chi connectivity index (χ2n) is 3.48. The number of carbonyl (C=O) groups is 2. The summed E-state index contributed by atoms with van der Waals surface area (Å²) in [6, 6.07) is 0. The molecule has 0 aromatic heterocycles. The number of carbonyl (C=O) groups excluding carboxylic acids is 1. The van der Waals surface area contributed by atoms with Gasteiger partial charge >= 0.3 is 11.9 Å². The summed E-state index contributed by atoms with van der Waals surface area (Å²) in [4.78, 5) is 21.6. The molecule has 6 nitrogen and oxygen atoms in total. The van der Waals surface area contributed by atoms with Crippen molar-refractivity contribution in [3.05, 3.63) is 0 Å². The quantitative estimate of drug-likeness (QED) is 0.642. The molecule has 0 bridgehead atoms. The average Bonchev–Trinajstić information content (AvgIpc) is 2.86. The Morgan fingerprint density at radius 1 is 1.47 bits per heavy atom. The number of rotatable bonds is 5. The molecule has 15 heavy (non-hydrogen) atoms. The normalized spacial score (nSPS) is 18.2. The van der Waals surface area contributed by atoms with Gasteiger partial charge in [-0.2, -0.15) is 0 Å². The summed E-state index contributed by atoms with van der Waals surface area (Å²) in [5, 5.41) is 7.31. The van der Waals surface area contributed by atoms with Gasteiger partial charge in [0, 0.05) is 0 Å². The number of esters is 1. The highest BCUT2D eigenvalue weighted by Crippen LogP contribution is 2.36. The lowest BCUT2D eigenvalue weighted by molar-refractivity contribution is -0.137. The number of carboxylic acid groups (broad SMARTS) is 1. The molecule has 1 atom stereocenters. The summed E-state index contributed by atoms with van der Waals surface area (Å²) >= 11 is 0. The van der Waals surface area contributed by atoms with Crippen LogP contribution < -0.4 is 0 Å². The van der Waals surface area contributed by atoms with E-state index in [2.05, 4.69) is 4.74 Å². The van der Waals surface area contributed by atoms with Crippen LogP contribution >= 0.6 is 0 Å². The Morgan fingerprint density at radius 3 is 2.33 bits per heavy atom. The van der Waals surface area contributed by atoms with Gasteiger partial charge in [-0.3, -0.25) is 9.59 Å². The highest BCUT2D eigenvalue weighted by molar-refractivity contribution is 7.93. The molecular weight excluding hydrogens is 224 g/mol. The number of hydrogen-bond acceptors (Lipinski definition) is 5. The molecule has 1 aliphatic carbocycles. The van der Waals surface area contributed by atoms with Gasteiger partial charge in [-0.1, -0.05) is 0 Å². The molecule has 1 N–H and O–H groups in total. The Bertz CT molecular complexity index is 367. The van der Waals surface area contributed by atoms with E-state index in [-0.39, 0.29) is 5.92 Å². The smallest absolute Gasteiger partial charge is 0.322 e. The number of sulfone groups is 1. The third kappa shape index (κ3) is 2.92. The van der Waals surface area contributed by atoms with E-state index in [1.165, 1.54) is 0 Å². The SMILES string of the molecule is COC(=O)CS(=O)(=O)C(C(=O)O)C1CC1. The molecule has 1 unspecified atom stereocenters. The summed E-state index contributed by atoms with van der Waals surface area (Å²) in [5.41, 5.74) is 0. The van der Waals surface area contributed by atoms with E-state index in [1.807, 2.05) is 0 Å². The number of aliphatic carboxylic acids is 1. The van der Waals surface area contributed by atoms with Crippen molar-refractivity contribution in [1.29, 1.82) is 0 Å². The minimum atomic E-state index is -3.94. The third-order valence-corrected chi connectivity index (χ3v) is 4.23. The van der Waals surface area contributed by atoms with Crippen LogP contribution in [0.2, 0.25) is 0 Å². The number of hydrogen-bond donors (Lipinski definition) is 1. The minimum absolute atomic E-state index is 0.350. The topological polar surface area (TPSA) is 97.7 Å². The highest BCUT2D eigenvalue weighted by atomic mass is 32.2. The Hall–Kier alpha value is -1.11. The zero-order chi connectivity index (χ0) is 11.6. The maximum Gasteiger partial charge on any atom is 0.322 e. The molecule has 0 aliphatic heterocycles. The predicted molar refractivity (Wildman–Crippen MR) is 50.0 cm³/mol. The molecule has 0 spiro atoms. The predicted octanol–water partition coefficient (Wildman–Crippen LogP) is -0.563. The zero-order valence-electron chi connectivity index (χ0n) is 8.17. The van der Waals surface area contributed by atoms with Gasteiger partial charge < -0.3 is 9.84 Å². The third-order valence-electron chi connectivity index (χ3n) is 2.23. The van der Waals surface area contributed by atoms with Crippen molar-refractivity contribution in [3.63, 3.8) is 0 Å². The maximum atomic E-state index is 11.5. The summed E-state index contributed by atoms with van der Waals surface area (Å²) in [6.07, 6.45) is 1.16. The van der Waals surface area contributed by atoms with Gasteiger partial charge in [0.05, 0.1) is 7.11 Å². The molecule has 86 valence electrons. The van der Waals surface area contributed by atoms with E-state index in [0.29, 0.717) is 12.8 Å². The van der Waals surface area contributed by atoms with Crippen LogP contribution in [0.4, 0.5) is 0 Å². The lowest BCUT2D eigenvalue weighted by Crippen LogP contribution is -2.36.